The summed E-state index contributed by atoms with van der Waals surface area (Å²) in [6.45, 7) is 1.90. The third-order valence-corrected chi connectivity index (χ3v) is 5.59. The first-order valence-corrected chi connectivity index (χ1v) is 9.71. The van der Waals surface area contributed by atoms with Gasteiger partial charge >= 0.3 is 0 Å². The highest BCUT2D eigenvalue weighted by molar-refractivity contribution is 6.45. The molecular weight excluding hydrogens is 344 g/mol. The second-order valence-electron chi connectivity index (χ2n) is 7.56. The fourth-order valence-electron chi connectivity index (χ4n) is 3.93. The molecule has 0 bridgehead atoms. The van der Waals surface area contributed by atoms with Crippen molar-refractivity contribution in [3.8, 4) is 0 Å². The zero-order valence-electron chi connectivity index (χ0n) is 15.9. The third-order valence-electron chi connectivity index (χ3n) is 5.59. The van der Waals surface area contributed by atoms with Crippen LogP contribution in [-0.4, -0.2) is 61.2 Å². The van der Waals surface area contributed by atoms with E-state index in [0.29, 0.717) is 38.2 Å². The number of hydrogen-bond donors (Lipinski definition) is 5. The van der Waals surface area contributed by atoms with Crippen LogP contribution in [0, 0.1) is 5.41 Å². The Morgan fingerprint density at radius 1 is 1.33 bits per heavy atom. The largest absolute Gasteiger partial charge is 0.390 e. The zero-order chi connectivity index (χ0) is 19.3. The molecule has 7 nitrogen and oxygen atoms in total. The van der Waals surface area contributed by atoms with Crippen LogP contribution in [0.3, 0.4) is 0 Å². The summed E-state index contributed by atoms with van der Waals surface area (Å²) in [5.41, 5.74) is 0.703. The van der Waals surface area contributed by atoms with E-state index >= 15 is 0 Å². The summed E-state index contributed by atoms with van der Waals surface area (Å²) in [4.78, 5) is 12.5. The highest BCUT2D eigenvalue weighted by Gasteiger charge is 2.34. The van der Waals surface area contributed by atoms with Gasteiger partial charge in [-0.1, -0.05) is 18.2 Å². The summed E-state index contributed by atoms with van der Waals surface area (Å²) in [5.74, 6) is -0.356. The average molecular weight is 374 g/mol. The van der Waals surface area contributed by atoms with Crippen molar-refractivity contribution in [3.05, 3.63) is 29.8 Å². The number of para-hydroxylation sites is 1. The van der Waals surface area contributed by atoms with Crippen molar-refractivity contribution in [2.75, 3.05) is 32.1 Å². The smallest absolute Gasteiger partial charge is 0.270 e. The van der Waals surface area contributed by atoms with E-state index < -0.39 is 5.60 Å². The molecule has 0 aromatic heterocycles. The van der Waals surface area contributed by atoms with E-state index in [1.165, 1.54) is 0 Å². The van der Waals surface area contributed by atoms with Gasteiger partial charge in [-0.05, 0) is 38.2 Å². The van der Waals surface area contributed by atoms with Gasteiger partial charge in [-0.25, -0.2) is 0 Å². The van der Waals surface area contributed by atoms with Gasteiger partial charge in [-0.3, -0.25) is 10.2 Å². The molecular formula is C20H30N4O3. The van der Waals surface area contributed by atoms with Gasteiger partial charge in [0.15, 0.2) is 0 Å². The van der Waals surface area contributed by atoms with Crippen LogP contribution in [0.15, 0.2) is 24.3 Å². The molecule has 0 spiro atoms. The first-order valence-electron chi connectivity index (χ1n) is 9.71. The monoisotopic (exact) mass is 374 g/mol. The number of anilines is 1. The third kappa shape index (κ3) is 5.06. The highest BCUT2D eigenvalue weighted by Crippen LogP contribution is 2.28. The van der Waals surface area contributed by atoms with Crippen LogP contribution in [0.2, 0.25) is 0 Å². The van der Waals surface area contributed by atoms with Crippen LogP contribution in [0.25, 0.3) is 0 Å². The van der Waals surface area contributed by atoms with Gasteiger partial charge in [-0.15, -0.1) is 0 Å². The van der Waals surface area contributed by atoms with E-state index in [1.54, 1.807) is 13.1 Å². The van der Waals surface area contributed by atoms with Gasteiger partial charge in [0.1, 0.15) is 5.71 Å². The molecule has 1 aromatic carbocycles. The maximum Gasteiger partial charge on any atom is 0.270 e. The molecule has 2 aliphatic rings. The van der Waals surface area contributed by atoms with Crippen LogP contribution in [0.1, 0.15) is 37.7 Å². The lowest BCUT2D eigenvalue weighted by Crippen LogP contribution is -2.53. The molecule has 0 radical (unpaired) electrons. The molecule has 2 atom stereocenters. The SMILES string of the molecule is CNc1ccccc1C(=N)C(=O)NC1CCC(CC2(O)CCOCC2)NC1. The van der Waals surface area contributed by atoms with Gasteiger partial charge < -0.3 is 25.8 Å². The van der Waals surface area contributed by atoms with E-state index in [1.807, 2.05) is 18.2 Å². The number of carbonyl (C=O) groups excluding carboxylic acids is 1. The Morgan fingerprint density at radius 3 is 2.74 bits per heavy atom. The number of carbonyl (C=O) groups is 1. The second kappa shape index (κ2) is 8.82. The quantitative estimate of drug-likeness (QED) is 0.482. The predicted octanol–water partition coefficient (Wildman–Crippen LogP) is 1.26. The number of piperidine rings is 1. The Kier molecular flexibility index (Phi) is 6.46. The Bertz CT molecular complexity index is 665. The molecule has 2 fully saturated rings. The maximum atomic E-state index is 12.5. The molecule has 2 heterocycles. The average Bonchev–Trinajstić information content (AvgIpc) is 2.69. The van der Waals surface area contributed by atoms with Crippen LogP contribution in [0.4, 0.5) is 5.69 Å². The van der Waals surface area contributed by atoms with Gasteiger partial charge in [0, 0.05) is 50.1 Å². The number of benzene rings is 1. The van der Waals surface area contributed by atoms with Crippen LogP contribution in [0.5, 0.6) is 0 Å². The fraction of sp³-hybridized carbons (Fsp3) is 0.600. The molecule has 1 aromatic rings. The summed E-state index contributed by atoms with van der Waals surface area (Å²) in [6.07, 6.45) is 3.84. The molecule has 2 saturated heterocycles. The minimum absolute atomic E-state index is 0.000167. The molecule has 5 N–H and O–H groups in total. The van der Waals surface area contributed by atoms with Crippen LogP contribution in [-0.2, 0) is 9.53 Å². The Hall–Kier alpha value is -1.96. The van der Waals surface area contributed by atoms with E-state index in [9.17, 15) is 9.90 Å². The van der Waals surface area contributed by atoms with Crippen molar-refractivity contribution in [2.45, 2.75) is 49.8 Å². The lowest BCUT2D eigenvalue weighted by molar-refractivity contribution is -0.115. The topological polar surface area (TPSA) is 106 Å². The molecule has 3 rings (SSSR count). The molecule has 0 aliphatic carbocycles. The number of rotatable bonds is 6. The standard InChI is InChI=1S/C20H30N4O3/c1-22-17-5-3-2-4-16(17)18(21)19(25)24-15-7-6-14(23-13-15)12-20(26)8-10-27-11-9-20/h2-5,14-15,21-23,26H,6-13H2,1H3,(H,24,25). The Labute approximate surface area is 160 Å². The number of aliphatic hydroxyl groups is 1. The summed E-state index contributed by atoms with van der Waals surface area (Å²) in [7, 11) is 1.78. The molecule has 2 aliphatic heterocycles. The van der Waals surface area contributed by atoms with Crippen molar-refractivity contribution in [3.63, 3.8) is 0 Å². The van der Waals surface area contributed by atoms with Crippen molar-refractivity contribution in [1.82, 2.24) is 10.6 Å². The molecule has 27 heavy (non-hydrogen) atoms. The van der Waals surface area contributed by atoms with Gasteiger partial charge in [-0.2, -0.15) is 0 Å². The van der Waals surface area contributed by atoms with E-state index in [4.69, 9.17) is 10.1 Å². The molecule has 0 saturated carbocycles. The minimum Gasteiger partial charge on any atom is -0.390 e. The zero-order valence-corrected chi connectivity index (χ0v) is 15.9. The van der Waals surface area contributed by atoms with Crippen molar-refractivity contribution in [2.24, 2.45) is 0 Å². The maximum absolute atomic E-state index is 12.5. The van der Waals surface area contributed by atoms with Gasteiger partial charge in [0.05, 0.1) is 5.60 Å². The Balaban J connectivity index is 1.48. The molecule has 1 amide bonds. The molecule has 148 valence electrons. The lowest BCUT2D eigenvalue weighted by atomic mass is 9.84. The second-order valence-corrected chi connectivity index (χ2v) is 7.56. The Morgan fingerprint density at radius 2 is 2.07 bits per heavy atom. The van der Waals surface area contributed by atoms with Crippen LogP contribution < -0.4 is 16.0 Å². The van der Waals surface area contributed by atoms with E-state index in [2.05, 4.69) is 16.0 Å². The minimum atomic E-state index is -0.634. The number of amides is 1. The number of ether oxygens (including phenoxy) is 1. The normalized spacial score (nSPS) is 24.8. The number of nitrogens with one attached hydrogen (secondary N) is 4. The van der Waals surface area contributed by atoms with Crippen LogP contribution >= 0.6 is 0 Å². The van der Waals surface area contributed by atoms with E-state index in [-0.39, 0.29) is 23.7 Å². The van der Waals surface area contributed by atoms with Crippen molar-refractivity contribution < 1.29 is 14.6 Å². The van der Waals surface area contributed by atoms with Gasteiger partial charge in [0.25, 0.3) is 5.91 Å². The fourth-order valence-corrected chi connectivity index (χ4v) is 3.93. The lowest BCUT2D eigenvalue weighted by Gasteiger charge is -2.38. The number of hydrogen-bond acceptors (Lipinski definition) is 6. The summed E-state index contributed by atoms with van der Waals surface area (Å²) in [5, 5.41) is 28.3. The summed E-state index contributed by atoms with van der Waals surface area (Å²) < 4.78 is 5.34. The van der Waals surface area contributed by atoms with Crippen molar-refractivity contribution >= 4 is 17.3 Å². The van der Waals surface area contributed by atoms with E-state index in [0.717, 1.165) is 24.9 Å². The summed E-state index contributed by atoms with van der Waals surface area (Å²) in [6, 6.07) is 7.58. The first kappa shape index (κ1) is 19.8. The predicted molar refractivity (Wildman–Crippen MR) is 105 cm³/mol. The van der Waals surface area contributed by atoms with Gasteiger partial charge in [0.2, 0.25) is 0 Å². The molecule has 2 unspecified atom stereocenters. The summed E-state index contributed by atoms with van der Waals surface area (Å²) >= 11 is 0. The first-order chi connectivity index (χ1) is 13.0. The van der Waals surface area contributed by atoms with Crippen molar-refractivity contribution in [1.29, 1.82) is 5.41 Å². The molecule has 7 heteroatoms. The highest BCUT2D eigenvalue weighted by atomic mass is 16.5.